The number of aromatic nitrogens is 4. The lowest BCUT2D eigenvalue weighted by Crippen LogP contribution is -2.24. The van der Waals surface area contributed by atoms with Crippen LogP contribution < -0.4 is 9.64 Å². The van der Waals surface area contributed by atoms with Crippen LogP contribution in [0.25, 0.3) is 0 Å². The monoisotopic (exact) mass is 305 g/mol. The number of aliphatic hydroxyl groups is 2. The molecule has 8 nitrogen and oxygen atoms in total. The highest BCUT2D eigenvalue weighted by atomic mass is 16.5. The summed E-state index contributed by atoms with van der Waals surface area (Å²) in [7, 11) is 1.58. The first kappa shape index (κ1) is 14.7. The second-order valence-corrected chi connectivity index (χ2v) is 5.16. The summed E-state index contributed by atoms with van der Waals surface area (Å²) in [6, 6.07) is 3.53. The molecule has 8 heteroatoms. The molecule has 3 rings (SSSR count). The number of aryl methyl sites for hydroxylation is 1. The maximum absolute atomic E-state index is 9.72. The van der Waals surface area contributed by atoms with E-state index in [2.05, 4.69) is 20.0 Å². The molecular formula is C14H19N5O3. The van der Waals surface area contributed by atoms with Crippen molar-refractivity contribution < 1.29 is 14.9 Å². The van der Waals surface area contributed by atoms with Gasteiger partial charge in [0.2, 0.25) is 11.8 Å². The molecule has 22 heavy (non-hydrogen) atoms. The van der Waals surface area contributed by atoms with Crippen molar-refractivity contribution >= 4 is 5.95 Å². The Morgan fingerprint density at radius 3 is 3.05 bits per heavy atom. The van der Waals surface area contributed by atoms with Gasteiger partial charge in [-0.15, -0.1) is 0 Å². The highest BCUT2D eigenvalue weighted by Crippen LogP contribution is 2.21. The maximum Gasteiger partial charge on any atom is 0.228 e. The van der Waals surface area contributed by atoms with E-state index in [9.17, 15) is 5.11 Å². The Balaban J connectivity index is 1.85. The minimum absolute atomic E-state index is 0.334. The van der Waals surface area contributed by atoms with Gasteiger partial charge in [0.25, 0.3) is 0 Å². The lowest BCUT2D eigenvalue weighted by Gasteiger charge is -2.19. The summed E-state index contributed by atoms with van der Waals surface area (Å²) in [5, 5.41) is 23.1. The summed E-state index contributed by atoms with van der Waals surface area (Å²) in [4.78, 5) is 10.7. The SMILES string of the molecule is COc1ccnc(N2CCCn3nc([C@@H](O)CO)cc3C2)n1. The fourth-order valence-corrected chi connectivity index (χ4v) is 2.51. The molecule has 118 valence electrons. The second-order valence-electron chi connectivity index (χ2n) is 5.16. The van der Waals surface area contributed by atoms with Crippen molar-refractivity contribution in [1.82, 2.24) is 19.7 Å². The number of aliphatic hydroxyl groups excluding tert-OH is 2. The number of anilines is 1. The average Bonchev–Trinajstić information content (AvgIpc) is 2.86. The summed E-state index contributed by atoms with van der Waals surface area (Å²) in [6.45, 7) is 1.83. The second kappa shape index (κ2) is 6.29. The van der Waals surface area contributed by atoms with Crippen molar-refractivity contribution in [3.63, 3.8) is 0 Å². The smallest absolute Gasteiger partial charge is 0.228 e. The van der Waals surface area contributed by atoms with Gasteiger partial charge in [0.05, 0.1) is 31.6 Å². The molecule has 0 radical (unpaired) electrons. The molecule has 1 aliphatic rings. The minimum atomic E-state index is -0.944. The lowest BCUT2D eigenvalue weighted by molar-refractivity contribution is 0.0916. The molecule has 1 aliphatic heterocycles. The molecule has 0 aliphatic carbocycles. The van der Waals surface area contributed by atoms with Crippen LogP contribution in [0.3, 0.4) is 0 Å². The van der Waals surface area contributed by atoms with E-state index in [1.807, 2.05) is 10.7 Å². The fraction of sp³-hybridized carbons (Fsp3) is 0.500. The predicted molar refractivity (Wildman–Crippen MR) is 78.5 cm³/mol. The third-order valence-corrected chi connectivity index (χ3v) is 3.66. The Hall–Kier alpha value is -2.19. The van der Waals surface area contributed by atoms with E-state index in [4.69, 9.17) is 9.84 Å². The maximum atomic E-state index is 9.72. The first-order valence-corrected chi connectivity index (χ1v) is 7.19. The van der Waals surface area contributed by atoms with Crippen molar-refractivity contribution in [3.05, 3.63) is 29.7 Å². The number of ether oxygens (including phenoxy) is 1. The fourth-order valence-electron chi connectivity index (χ4n) is 2.51. The summed E-state index contributed by atoms with van der Waals surface area (Å²) >= 11 is 0. The Morgan fingerprint density at radius 2 is 2.27 bits per heavy atom. The van der Waals surface area contributed by atoms with Gasteiger partial charge in [-0.3, -0.25) is 4.68 Å². The van der Waals surface area contributed by atoms with E-state index in [0.717, 1.165) is 25.2 Å². The third-order valence-electron chi connectivity index (χ3n) is 3.66. The zero-order chi connectivity index (χ0) is 15.5. The minimum Gasteiger partial charge on any atom is -0.481 e. The number of rotatable bonds is 4. The molecule has 0 amide bonds. The van der Waals surface area contributed by atoms with Gasteiger partial charge >= 0.3 is 0 Å². The number of hydrogen-bond donors (Lipinski definition) is 2. The summed E-state index contributed by atoms with van der Waals surface area (Å²) in [5.74, 6) is 1.14. The van der Waals surface area contributed by atoms with Gasteiger partial charge in [-0.05, 0) is 12.5 Å². The largest absolute Gasteiger partial charge is 0.481 e. The van der Waals surface area contributed by atoms with Gasteiger partial charge < -0.3 is 19.8 Å². The van der Waals surface area contributed by atoms with Crippen molar-refractivity contribution in [2.75, 3.05) is 25.2 Å². The van der Waals surface area contributed by atoms with Gasteiger partial charge in [-0.1, -0.05) is 0 Å². The molecule has 2 N–H and O–H groups in total. The molecule has 0 aromatic carbocycles. The summed E-state index contributed by atoms with van der Waals surface area (Å²) < 4.78 is 7.01. The van der Waals surface area contributed by atoms with E-state index in [-0.39, 0.29) is 6.61 Å². The summed E-state index contributed by atoms with van der Waals surface area (Å²) in [6.07, 6.45) is 1.62. The average molecular weight is 305 g/mol. The van der Waals surface area contributed by atoms with Crippen molar-refractivity contribution in [3.8, 4) is 5.88 Å². The highest BCUT2D eigenvalue weighted by Gasteiger charge is 2.21. The highest BCUT2D eigenvalue weighted by molar-refractivity contribution is 5.34. The quantitative estimate of drug-likeness (QED) is 0.828. The Morgan fingerprint density at radius 1 is 1.41 bits per heavy atom. The molecule has 0 fully saturated rings. The van der Waals surface area contributed by atoms with Crippen LogP contribution in [0.5, 0.6) is 5.88 Å². The molecule has 1 atom stereocenters. The van der Waals surface area contributed by atoms with Crippen LogP contribution in [0.1, 0.15) is 23.9 Å². The molecule has 2 aromatic heterocycles. The van der Waals surface area contributed by atoms with Crippen LogP contribution >= 0.6 is 0 Å². The third kappa shape index (κ3) is 2.88. The van der Waals surface area contributed by atoms with E-state index < -0.39 is 6.10 Å². The topological polar surface area (TPSA) is 96.5 Å². The van der Waals surface area contributed by atoms with Gasteiger partial charge in [0.15, 0.2) is 0 Å². The van der Waals surface area contributed by atoms with Crippen molar-refractivity contribution in [1.29, 1.82) is 0 Å². The molecule has 0 bridgehead atoms. The molecule has 0 unspecified atom stereocenters. The number of methoxy groups -OCH3 is 1. The Bertz CT molecular complexity index is 645. The normalized spacial score (nSPS) is 16.0. The van der Waals surface area contributed by atoms with E-state index in [1.54, 1.807) is 19.4 Å². The van der Waals surface area contributed by atoms with Crippen LogP contribution in [0.15, 0.2) is 18.3 Å². The molecule has 0 saturated carbocycles. The Kier molecular flexibility index (Phi) is 4.21. The van der Waals surface area contributed by atoms with E-state index in [1.165, 1.54) is 0 Å². The predicted octanol–water partition coefficient (Wildman–Crippen LogP) is 0.118. The summed E-state index contributed by atoms with van der Waals surface area (Å²) in [5.41, 5.74) is 1.46. The molecular weight excluding hydrogens is 286 g/mol. The zero-order valence-electron chi connectivity index (χ0n) is 12.4. The van der Waals surface area contributed by atoms with Crippen molar-refractivity contribution in [2.45, 2.75) is 25.6 Å². The van der Waals surface area contributed by atoms with Crippen LogP contribution in [0, 0.1) is 0 Å². The van der Waals surface area contributed by atoms with Crippen molar-refractivity contribution in [2.24, 2.45) is 0 Å². The molecule has 0 spiro atoms. The number of hydrogen-bond acceptors (Lipinski definition) is 7. The first-order valence-electron chi connectivity index (χ1n) is 7.19. The molecule has 2 aromatic rings. The van der Waals surface area contributed by atoms with Crippen LogP contribution in [0.4, 0.5) is 5.95 Å². The standard InChI is InChI=1S/C14H19N5O3/c1-22-13-3-4-15-14(16-13)18-5-2-6-19-10(8-18)7-11(17-19)12(21)9-20/h3-4,7,12,20-21H,2,5-6,8-9H2,1H3/t12-/m0/s1. The zero-order valence-corrected chi connectivity index (χ0v) is 12.4. The van der Waals surface area contributed by atoms with Gasteiger partial charge in [-0.2, -0.15) is 10.1 Å². The first-order chi connectivity index (χ1) is 10.7. The Labute approximate surface area is 128 Å². The van der Waals surface area contributed by atoms with Crippen LogP contribution in [-0.2, 0) is 13.1 Å². The lowest BCUT2D eigenvalue weighted by atomic mass is 10.2. The molecule has 0 saturated heterocycles. The number of nitrogens with zero attached hydrogens (tertiary/aromatic N) is 5. The number of fused-ring (bicyclic) bond motifs is 1. The van der Waals surface area contributed by atoms with Crippen LogP contribution in [0.2, 0.25) is 0 Å². The van der Waals surface area contributed by atoms with Crippen LogP contribution in [-0.4, -0.2) is 50.2 Å². The van der Waals surface area contributed by atoms with E-state index >= 15 is 0 Å². The molecule has 3 heterocycles. The van der Waals surface area contributed by atoms with Gasteiger partial charge in [0, 0.05) is 25.4 Å². The van der Waals surface area contributed by atoms with E-state index in [0.29, 0.717) is 24.1 Å². The van der Waals surface area contributed by atoms with Gasteiger partial charge in [0.1, 0.15) is 6.10 Å². The van der Waals surface area contributed by atoms with Gasteiger partial charge in [-0.25, -0.2) is 4.98 Å².